The Morgan fingerprint density at radius 1 is 1.25 bits per heavy atom. The molecule has 1 fully saturated rings. The highest BCUT2D eigenvalue weighted by molar-refractivity contribution is 5.89. The van der Waals surface area contributed by atoms with Gasteiger partial charge in [0, 0.05) is 17.8 Å². The van der Waals surface area contributed by atoms with Crippen molar-refractivity contribution in [1.29, 1.82) is 0 Å². The van der Waals surface area contributed by atoms with Crippen molar-refractivity contribution in [1.82, 2.24) is 25.5 Å². The van der Waals surface area contributed by atoms with E-state index in [0.717, 1.165) is 29.5 Å². The number of carbonyl (C=O) groups excluding carboxylic acids is 1. The lowest BCUT2D eigenvalue weighted by Crippen LogP contribution is -2.28. The van der Waals surface area contributed by atoms with Gasteiger partial charge in [0.15, 0.2) is 5.82 Å². The number of rotatable bonds is 6. The minimum Gasteiger partial charge on any atom is -0.389 e. The number of benzene rings is 2. The van der Waals surface area contributed by atoms with Crippen LogP contribution in [0.4, 0.5) is 10.5 Å². The fourth-order valence-corrected chi connectivity index (χ4v) is 2.96. The Morgan fingerprint density at radius 2 is 2.04 bits per heavy atom. The standard InChI is InChI=1S/C20H22N6O2/c1-13(27)15-7-5-14(6-8-15)12-21-20(28)22-17-4-2-3-16(11-17)19-23-24-25-26(19)18-9-10-18/h2-8,11,13,18,27H,9-10,12H2,1H3,(H2,21,22,28)/t13-/m1/s1. The predicted octanol–water partition coefficient (Wildman–Crippen LogP) is 3.05. The van der Waals surface area contributed by atoms with Gasteiger partial charge in [0.2, 0.25) is 0 Å². The number of nitrogens with zero attached hydrogens (tertiary/aromatic N) is 4. The molecule has 8 nitrogen and oxygen atoms in total. The van der Waals surface area contributed by atoms with Crippen LogP contribution in [0.15, 0.2) is 48.5 Å². The van der Waals surface area contributed by atoms with Gasteiger partial charge in [-0.1, -0.05) is 36.4 Å². The second-order valence-corrected chi connectivity index (χ2v) is 6.98. The first kappa shape index (κ1) is 18.1. The summed E-state index contributed by atoms with van der Waals surface area (Å²) in [5.41, 5.74) is 3.34. The summed E-state index contributed by atoms with van der Waals surface area (Å²) in [6, 6.07) is 15.1. The third kappa shape index (κ3) is 4.17. The number of amides is 2. The SMILES string of the molecule is C[C@@H](O)c1ccc(CNC(=O)Nc2cccc(-c3nnnn3C3CC3)c2)cc1. The first-order chi connectivity index (χ1) is 13.6. The number of aliphatic hydroxyl groups excluding tert-OH is 1. The summed E-state index contributed by atoms with van der Waals surface area (Å²) in [5.74, 6) is 0.713. The van der Waals surface area contributed by atoms with Gasteiger partial charge in [-0.05, 0) is 53.5 Å². The summed E-state index contributed by atoms with van der Waals surface area (Å²) >= 11 is 0. The van der Waals surface area contributed by atoms with Crippen molar-refractivity contribution in [3.05, 3.63) is 59.7 Å². The molecule has 1 aliphatic rings. The van der Waals surface area contributed by atoms with Crippen LogP contribution in [-0.4, -0.2) is 31.3 Å². The molecule has 3 aromatic rings. The van der Waals surface area contributed by atoms with Crippen LogP contribution in [0.3, 0.4) is 0 Å². The predicted molar refractivity (Wildman–Crippen MR) is 104 cm³/mol. The van der Waals surface area contributed by atoms with E-state index in [0.29, 0.717) is 24.1 Å². The number of nitrogens with one attached hydrogen (secondary N) is 2. The molecule has 1 heterocycles. The molecule has 0 spiro atoms. The van der Waals surface area contributed by atoms with Crippen LogP contribution in [-0.2, 0) is 6.54 Å². The van der Waals surface area contributed by atoms with E-state index >= 15 is 0 Å². The van der Waals surface area contributed by atoms with Crippen LogP contribution in [0.5, 0.6) is 0 Å². The lowest BCUT2D eigenvalue weighted by Gasteiger charge is -2.10. The van der Waals surface area contributed by atoms with Crippen molar-refractivity contribution >= 4 is 11.7 Å². The number of hydrogen-bond donors (Lipinski definition) is 3. The molecule has 4 rings (SSSR count). The van der Waals surface area contributed by atoms with Gasteiger partial charge in [-0.25, -0.2) is 9.48 Å². The molecular formula is C20H22N6O2. The van der Waals surface area contributed by atoms with Crippen LogP contribution in [0.2, 0.25) is 0 Å². The number of aliphatic hydroxyl groups is 1. The fraction of sp³-hybridized carbons (Fsp3) is 0.300. The van der Waals surface area contributed by atoms with Gasteiger partial charge >= 0.3 is 6.03 Å². The summed E-state index contributed by atoms with van der Waals surface area (Å²) < 4.78 is 1.84. The van der Waals surface area contributed by atoms with E-state index in [2.05, 4.69) is 26.2 Å². The summed E-state index contributed by atoms with van der Waals surface area (Å²) in [6.07, 6.45) is 1.69. The average Bonchev–Trinajstić information content (AvgIpc) is 3.43. The Hall–Kier alpha value is -3.26. The maximum atomic E-state index is 12.2. The van der Waals surface area contributed by atoms with E-state index in [1.807, 2.05) is 53.2 Å². The monoisotopic (exact) mass is 378 g/mol. The van der Waals surface area contributed by atoms with Gasteiger partial charge in [0.1, 0.15) is 0 Å². The molecule has 0 unspecified atom stereocenters. The van der Waals surface area contributed by atoms with Crippen molar-refractivity contribution in [3.8, 4) is 11.4 Å². The Morgan fingerprint density at radius 3 is 2.75 bits per heavy atom. The van der Waals surface area contributed by atoms with Crippen molar-refractivity contribution in [3.63, 3.8) is 0 Å². The maximum absolute atomic E-state index is 12.2. The molecule has 2 amide bonds. The topological polar surface area (TPSA) is 105 Å². The maximum Gasteiger partial charge on any atom is 0.319 e. The zero-order valence-corrected chi connectivity index (χ0v) is 15.5. The molecular weight excluding hydrogens is 356 g/mol. The smallest absolute Gasteiger partial charge is 0.319 e. The lowest BCUT2D eigenvalue weighted by atomic mass is 10.1. The highest BCUT2D eigenvalue weighted by Crippen LogP contribution is 2.36. The highest BCUT2D eigenvalue weighted by atomic mass is 16.3. The van der Waals surface area contributed by atoms with E-state index in [-0.39, 0.29) is 6.03 Å². The number of hydrogen-bond acceptors (Lipinski definition) is 5. The third-order valence-corrected chi connectivity index (χ3v) is 4.68. The van der Waals surface area contributed by atoms with E-state index in [4.69, 9.17) is 0 Å². The zero-order valence-electron chi connectivity index (χ0n) is 15.5. The van der Waals surface area contributed by atoms with Crippen LogP contribution in [0.1, 0.15) is 43.0 Å². The zero-order chi connectivity index (χ0) is 19.5. The Labute approximate surface area is 162 Å². The molecule has 0 radical (unpaired) electrons. The van der Waals surface area contributed by atoms with Crippen molar-refractivity contribution in [2.24, 2.45) is 0 Å². The normalized spacial score (nSPS) is 14.5. The summed E-state index contributed by atoms with van der Waals surface area (Å²) in [5, 5.41) is 27.2. The van der Waals surface area contributed by atoms with Crippen LogP contribution >= 0.6 is 0 Å². The quantitative estimate of drug-likeness (QED) is 0.611. The molecule has 1 aliphatic carbocycles. The Kier molecular flexibility index (Phi) is 5.03. The molecule has 28 heavy (non-hydrogen) atoms. The number of anilines is 1. The Bertz CT molecular complexity index is 963. The second kappa shape index (κ2) is 7.77. The molecule has 1 aromatic heterocycles. The van der Waals surface area contributed by atoms with E-state index < -0.39 is 6.10 Å². The van der Waals surface area contributed by atoms with Gasteiger partial charge in [-0.15, -0.1) is 5.10 Å². The van der Waals surface area contributed by atoms with Crippen molar-refractivity contribution in [2.45, 2.75) is 38.5 Å². The van der Waals surface area contributed by atoms with Gasteiger partial charge in [-0.3, -0.25) is 0 Å². The van der Waals surface area contributed by atoms with Crippen LogP contribution in [0, 0.1) is 0 Å². The van der Waals surface area contributed by atoms with Crippen LogP contribution in [0.25, 0.3) is 11.4 Å². The molecule has 2 aromatic carbocycles. The summed E-state index contributed by atoms with van der Waals surface area (Å²) in [6.45, 7) is 2.11. The summed E-state index contributed by atoms with van der Waals surface area (Å²) in [7, 11) is 0. The number of urea groups is 1. The molecule has 8 heteroatoms. The van der Waals surface area contributed by atoms with Gasteiger partial charge < -0.3 is 15.7 Å². The van der Waals surface area contributed by atoms with Gasteiger partial charge in [0.25, 0.3) is 0 Å². The summed E-state index contributed by atoms with van der Waals surface area (Å²) in [4.78, 5) is 12.2. The molecule has 1 atom stereocenters. The first-order valence-electron chi connectivity index (χ1n) is 9.30. The van der Waals surface area contributed by atoms with E-state index in [1.54, 1.807) is 6.92 Å². The molecule has 0 aliphatic heterocycles. The fourth-order valence-electron chi connectivity index (χ4n) is 2.96. The molecule has 1 saturated carbocycles. The van der Waals surface area contributed by atoms with Gasteiger partial charge in [0.05, 0.1) is 12.1 Å². The molecule has 144 valence electrons. The van der Waals surface area contributed by atoms with Crippen LogP contribution < -0.4 is 10.6 Å². The minimum absolute atomic E-state index is 0.293. The molecule has 0 saturated heterocycles. The van der Waals surface area contributed by atoms with Crippen molar-refractivity contribution in [2.75, 3.05) is 5.32 Å². The highest BCUT2D eigenvalue weighted by Gasteiger charge is 2.28. The Balaban J connectivity index is 1.37. The number of carbonyl (C=O) groups is 1. The number of aromatic nitrogens is 4. The van der Waals surface area contributed by atoms with Crippen molar-refractivity contribution < 1.29 is 9.90 Å². The lowest BCUT2D eigenvalue weighted by molar-refractivity contribution is 0.199. The molecule has 3 N–H and O–H groups in total. The third-order valence-electron chi connectivity index (χ3n) is 4.68. The van der Waals surface area contributed by atoms with E-state index in [9.17, 15) is 9.90 Å². The minimum atomic E-state index is -0.501. The van der Waals surface area contributed by atoms with Gasteiger partial charge in [-0.2, -0.15) is 0 Å². The second-order valence-electron chi connectivity index (χ2n) is 6.98. The first-order valence-corrected chi connectivity index (χ1v) is 9.30. The molecule has 0 bridgehead atoms. The largest absolute Gasteiger partial charge is 0.389 e. The van der Waals surface area contributed by atoms with E-state index in [1.165, 1.54) is 0 Å². The number of tetrazole rings is 1. The average molecular weight is 378 g/mol.